The molecule has 98 valence electrons. The van der Waals surface area contributed by atoms with Gasteiger partial charge in [0.2, 0.25) is 5.95 Å². The standard InChI is InChI=1S/C15H15FN2O/c16-14-6-3-7-15(18-14)17-10-11-8-9-19-13-5-2-1-4-12(11)13/h1-7,11H,8-10H2,(H,17,18). The number of ether oxygens (including phenoxy) is 1. The van der Waals surface area contributed by atoms with E-state index in [9.17, 15) is 4.39 Å². The van der Waals surface area contributed by atoms with Crippen LogP contribution in [0, 0.1) is 5.95 Å². The number of anilines is 1. The summed E-state index contributed by atoms with van der Waals surface area (Å²) in [6, 6.07) is 12.8. The highest BCUT2D eigenvalue weighted by Crippen LogP contribution is 2.33. The van der Waals surface area contributed by atoms with E-state index in [1.54, 1.807) is 12.1 Å². The minimum Gasteiger partial charge on any atom is -0.493 e. The van der Waals surface area contributed by atoms with Gasteiger partial charge in [-0.05, 0) is 30.2 Å². The number of nitrogens with zero attached hydrogens (tertiary/aromatic N) is 1. The summed E-state index contributed by atoms with van der Waals surface area (Å²) in [7, 11) is 0. The molecule has 1 aliphatic heterocycles. The summed E-state index contributed by atoms with van der Waals surface area (Å²) < 4.78 is 18.6. The van der Waals surface area contributed by atoms with Crippen molar-refractivity contribution in [3.05, 3.63) is 54.0 Å². The number of para-hydroxylation sites is 1. The first-order valence-electron chi connectivity index (χ1n) is 6.41. The number of rotatable bonds is 3. The quantitative estimate of drug-likeness (QED) is 0.858. The molecule has 4 heteroatoms. The molecule has 0 saturated heterocycles. The fourth-order valence-electron chi connectivity index (χ4n) is 2.36. The highest BCUT2D eigenvalue weighted by Gasteiger charge is 2.20. The Balaban J connectivity index is 1.71. The zero-order valence-corrected chi connectivity index (χ0v) is 10.5. The van der Waals surface area contributed by atoms with Gasteiger partial charge in [-0.3, -0.25) is 0 Å². The highest BCUT2D eigenvalue weighted by atomic mass is 19.1. The topological polar surface area (TPSA) is 34.1 Å². The second kappa shape index (κ2) is 5.26. The molecule has 1 aromatic carbocycles. The van der Waals surface area contributed by atoms with Crippen LogP contribution in [0.5, 0.6) is 5.75 Å². The molecule has 0 saturated carbocycles. The number of fused-ring (bicyclic) bond motifs is 1. The molecule has 1 aromatic heterocycles. The molecule has 1 atom stereocenters. The van der Waals surface area contributed by atoms with Crippen molar-refractivity contribution < 1.29 is 9.13 Å². The van der Waals surface area contributed by atoms with Gasteiger partial charge in [0.15, 0.2) is 0 Å². The number of pyridine rings is 1. The predicted molar refractivity (Wildman–Crippen MR) is 72.0 cm³/mol. The Morgan fingerprint density at radius 3 is 3.00 bits per heavy atom. The summed E-state index contributed by atoms with van der Waals surface area (Å²) >= 11 is 0. The van der Waals surface area contributed by atoms with Crippen molar-refractivity contribution in [2.45, 2.75) is 12.3 Å². The Hall–Kier alpha value is -2.10. The summed E-state index contributed by atoms with van der Waals surface area (Å²) in [5, 5.41) is 3.19. The van der Waals surface area contributed by atoms with E-state index in [0.717, 1.165) is 25.3 Å². The third kappa shape index (κ3) is 2.67. The molecular weight excluding hydrogens is 243 g/mol. The normalized spacial score (nSPS) is 17.4. The summed E-state index contributed by atoms with van der Waals surface area (Å²) in [6.45, 7) is 1.46. The van der Waals surface area contributed by atoms with Gasteiger partial charge in [-0.15, -0.1) is 0 Å². The zero-order chi connectivity index (χ0) is 13.1. The Labute approximate surface area is 111 Å². The summed E-state index contributed by atoms with van der Waals surface area (Å²) in [6.07, 6.45) is 0.958. The minimum atomic E-state index is -0.461. The van der Waals surface area contributed by atoms with Gasteiger partial charge in [-0.1, -0.05) is 24.3 Å². The monoisotopic (exact) mass is 258 g/mol. The second-order valence-corrected chi connectivity index (χ2v) is 4.60. The number of hydrogen-bond acceptors (Lipinski definition) is 3. The SMILES string of the molecule is Fc1cccc(NCC2CCOc3ccccc32)n1. The molecule has 0 amide bonds. The van der Waals surface area contributed by atoms with Crippen LogP contribution in [0.25, 0.3) is 0 Å². The molecule has 0 radical (unpaired) electrons. The van der Waals surface area contributed by atoms with Crippen LogP contribution in [-0.4, -0.2) is 18.1 Å². The minimum absolute atomic E-state index is 0.370. The molecule has 2 heterocycles. The van der Waals surface area contributed by atoms with E-state index in [1.165, 1.54) is 11.6 Å². The predicted octanol–water partition coefficient (Wildman–Crippen LogP) is 3.20. The first-order valence-corrected chi connectivity index (χ1v) is 6.41. The van der Waals surface area contributed by atoms with Crippen molar-refractivity contribution in [3.8, 4) is 5.75 Å². The van der Waals surface area contributed by atoms with Crippen LogP contribution in [0.4, 0.5) is 10.2 Å². The molecule has 0 aliphatic carbocycles. The number of nitrogens with one attached hydrogen (secondary N) is 1. The lowest BCUT2D eigenvalue weighted by Gasteiger charge is -2.26. The van der Waals surface area contributed by atoms with Gasteiger partial charge in [0, 0.05) is 12.5 Å². The van der Waals surface area contributed by atoms with E-state index in [-0.39, 0.29) is 0 Å². The van der Waals surface area contributed by atoms with Crippen LogP contribution in [0.2, 0.25) is 0 Å². The largest absolute Gasteiger partial charge is 0.493 e. The summed E-state index contributed by atoms with van der Waals surface area (Å²) in [5.74, 6) is 1.43. The van der Waals surface area contributed by atoms with Crippen LogP contribution >= 0.6 is 0 Å². The molecule has 19 heavy (non-hydrogen) atoms. The molecule has 0 bridgehead atoms. The third-order valence-electron chi connectivity index (χ3n) is 3.33. The molecule has 2 aromatic rings. The van der Waals surface area contributed by atoms with Gasteiger partial charge >= 0.3 is 0 Å². The van der Waals surface area contributed by atoms with Crippen molar-refractivity contribution in [3.63, 3.8) is 0 Å². The van der Waals surface area contributed by atoms with E-state index in [2.05, 4.69) is 16.4 Å². The van der Waals surface area contributed by atoms with E-state index in [0.29, 0.717) is 11.7 Å². The maximum absolute atomic E-state index is 13.0. The number of benzene rings is 1. The van der Waals surface area contributed by atoms with Gasteiger partial charge in [0.05, 0.1) is 6.61 Å². The molecule has 3 nitrogen and oxygen atoms in total. The van der Waals surface area contributed by atoms with Crippen molar-refractivity contribution in [1.82, 2.24) is 4.98 Å². The van der Waals surface area contributed by atoms with E-state index < -0.39 is 5.95 Å². The lowest BCUT2D eigenvalue weighted by atomic mass is 9.93. The second-order valence-electron chi connectivity index (χ2n) is 4.60. The lowest BCUT2D eigenvalue weighted by molar-refractivity contribution is 0.270. The average Bonchev–Trinajstić information content (AvgIpc) is 2.45. The van der Waals surface area contributed by atoms with Gasteiger partial charge in [-0.2, -0.15) is 4.39 Å². The van der Waals surface area contributed by atoms with Crippen LogP contribution < -0.4 is 10.1 Å². The number of aromatic nitrogens is 1. The van der Waals surface area contributed by atoms with Crippen molar-refractivity contribution >= 4 is 5.82 Å². The van der Waals surface area contributed by atoms with Gasteiger partial charge in [0.25, 0.3) is 0 Å². The fraction of sp³-hybridized carbons (Fsp3) is 0.267. The van der Waals surface area contributed by atoms with E-state index in [4.69, 9.17) is 4.74 Å². The Morgan fingerprint density at radius 2 is 2.11 bits per heavy atom. The zero-order valence-electron chi connectivity index (χ0n) is 10.5. The van der Waals surface area contributed by atoms with Crippen molar-refractivity contribution in [1.29, 1.82) is 0 Å². The molecule has 0 spiro atoms. The van der Waals surface area contributed by atoms with Crippen LogP contribution in [-0.2, 0) is 0 Å². The van der Waals surface area contributed by atoms with Crippen molar-refractivity contribution in [2.75, 3.05) is 18.5 Å². The van der Waals surface area contributed by atoms with Gasteiger partial charge in [-0.25, -0.2) is 4.98 Å². The molecule has 0 fully saturated rings. The van der Waals surface area contributed by atoms with E-state index in [1.807, 2.05) is 18.2 Å². The Morgan fingerprint density at radius 1 is 1.21 bits per heavy atom. The molecule has 1 N–H and O–H groups in total. The molecular formula is C15H15FN2O. The average molecular weight is 258 g/mol. The maximum Gasteiger partial charge on any atom is 0.214 e. The lowest BCUT2D eigenvalue weighted by Crippen LogP contribution is -2.21. The first-order chi connectivity index (χ1) is 9.33. The van der Waals surface area contributed by atoms with Crippen molar-refractivity contribution in [2.24, 2.45) is 0 Å². The van der Waals surface area contributed by atoms with E-state index >= 15 is 0 Å². The first kappa shape index (κ1) is 12.0. The third-order valence-corrected chi connectivity index (χ3v) is 3.33. The highest BCUT2D eigenvalue weighted by molar-refractivity contribution is 5.40. The summed E-state index contributed by atoms with van der Waals surface area (Å²) in [5.41, 5.74) is 1.21. The Bertz CT molecular complexity index is 574. The van der Waals surface area contributed by atoms with Crippen LogP contribution in [0.3, 0.4) is 0 Å². The smallest absolute Gasteiger partial charge is 0.214 e. The Kier molecular flexibility index (Phi) is 3.31. The number of hydrogen-bond donors (Lipinski definition) is 1. The number of halogens is 1. The molecule has 3 rings (SSSR count). The maximum atomic E-state index is 13.0. The van der Waals surface area contributed by atoms with Crippen LogP contribution in [0.1, 0.15) is 17.9 Å². The van der Waals surface area contributed by atoms with Crippen LogP contribution in [0.15, 0.2) is 42.5 Å². The summed E-state index contributed by atoms with van der Waals surface area (Å²) in [4.78, 5) is 3.80. The van der Waals surface area contributed by atoms with Gasteiger partial charge < -0.3 is 10.1 Å². The van der Waals surface area contributed by atoms with Gasteiger partial charge in [0.1, 0.15) is 11.6 Å². The molecule has 1 aliphatic rings. The molecule has 1 unspecified atom stereocenters. The fourth-order valence-corrected chi connectivity index (χ4v) is 2.36.